The summed E-state index contributed by atoms with van der Waals surface area (Å²) in [7, 11) is 0. The summed E-state index contributed by atoms with van der Waals surface area (Å²) in [6.45, 7) is 0. The van der Waals surface area contributed by atoms with Crippen molar-refractivity contribution in [2.45, 2.75) is 6.42 Å². The molecule has 0 aromatic heterocycles. The molecule has 0 heterocycles. The van der Waals surface area contributed by atoms with Crippen molar-refractivity contribution in [2.24, 2.45) is 5.16 Å². The van der Waals surface area contributed by atoms with Crippen LogP contribution in [0.4, 0.5) is 0 Å². The fourth-order valence-corrected chi connectivity index (χ4v) is 1.87. The lowest BCUT2D eigenvalue weighted by molar-refractivity contribution is -0.112. The number of oxime groups is 1. The SMILES string of the molecule is O=C(/C=N\O)Cc1ccccc1-c1ccccc1. The van der Waals surface area contributed by atoms with Gasteiger partial charge in [0.25, 0.3) is 0 Å². The molecule has 0 bridgehead atoms. The first-order valence-corrected chi connectivity index (χ1v) is 5.65. The van der Waals surface area contributed by atoms with E-state index >= 15 is 0 Å². The molecule has 2 rings (SSSR count). The summed E-state index contributed by atoms with van der Waals surface area (Å²) < 4.78 is 0. The zero-order valence-electron chi connectivity index (χ0n) is 9.78. The van der Waals surface area contributed by atoms with Crippen LogP contribution in [0.3, 0.4) is 0 Å². The molecule has 0 radical (unpaired) electrons. The molecule has 2 aromatic rings. The van der Waals surface area contributed by atoms with E-state index in [0.29, 0.717) is 0 Å². The van der Waals surface area contributed by atoms with Crippen molar-refractivity contribution in [1.29, 1.82) is 0 Å². The highest BCUT2D eigenvalue weighted by atomic mass is 16.4. The molecule has 0 aliphatic heterocycles. The maximum atomic E-state index is 11.5. The quantitative estimate of drug-likeness (QED) is 0.506. The first-order chi connectivity index (χ1) is 8.81. The molecule has 0 amide bonds. The van der Waals surface area contributed by atoms with E-state index < -0.39 is 0 Å². The minimum atomic E-state index is -0.221. The van der Waals surface area contributed by atoms with E-state index in [4.69, 9.17) is 5.21 Å². The van der Waals surface area contributed by atoms with Crippen LogP contribution in [0.1, 0.15) is 5.56 Å². The molecule has 3 heteroatoms. The maximum Gasteiger partial charge on any atom is 0.181 e. The van der Waals surface area contributed by atoms with Gasteiger partial charge in [-0.15, -0.1) is 0 Å². The molecule has 0 aliphatic carbocycles. The van der Waals surface area contributed by atoms with E-state index in [1.165, 1.54) is 0 Å². The van der Waals surface area contributed by atoms with Gasteiger partial charge in [-0.2, -0.15) is 0 Å². The van der Waals surface area contributed by atoms with E-state index in [-0.39, 0.29) is 12.2 Å². The normalized spacial score (nSPS) is 10.7. The summed E-state index contributed by atoms with van der Waals surface area (Å²) in [6.07, 6.45) is 1.16. The average molecular weight is 239 g/mol. The van der Waals surface area contributed by atoms with Crippen LogP contribution >= 0.6 is 0 Å². The number of carbonyl (C=O) groups is 1. The molecule has 0 fully saturated rings. The molecule has 3 nitrogen and oxygen atoms in total. The van der Waals surface area contributed by atoms with Crippen LogP contribution in [0.15, 0.2) is 59.8 Å². The smallest absolute Gasteiger partial charge is 0.181 e. The van der Waals surface area contributed by atoms with Gasteiger partial charge in [-0.3, -0.25) is 4.79 Å². The predicted molar refractivity (Wildman–Crippen MR) is 70.9 cm³/mol. The molecule has 1 N–H and O–H groups in total. The zero-order valence-corrected chi connectivity index (χ0v) is 9.78. The Hall–Kier alpha value is -2.42. The van der Waals surface area contributed by atoms with Crippen LogP contribution in [0.5, 0.6) is 0 Å². The summed E-state index contributed by atoms with van der Waals surface area (Å²) in [5.74, 6) is -0.221. The van der Waals surface area contributed by atoms with Crippen molar-refractivity contribution in [1.82, 2.24) is 0 Å². The minimum Gasteiger partial charge on any atom is -0.411 e. The fourth-order valence-electron chi connectivity index (χ4n) is 1.87. The van der Waals surface area contributed by atoms with Gasteiger partial charge in [-0.25, -0.2) is 0 Å². The predicted octanol–water partition coefficient (Wildman–Crippen LogP) is 2.93. The number of hydrogen-bond donors (Lipinski definition) is 1. The van der Waals surface area contributed by atoms with Gasteiger partial charge in [0, 0.05) is 6.42 Å². The van der Waals surface area contributed by atoms with E-state index in [9.17, 15) is 4.79 Å². The number of Topliss-reactive ketones (excluding diaryl/α,β-unsaturated/α-hetero) is 1. The van der Waals surface area contributed by atoms with Crippen molar-refractivity contribution >= 4 is 12.0 Å². The highest BCUT2D eigenvalue weighted by molar-refractivity contribution is 6.28. The molecule has 2 aromatic carbocycles. The van der Waals surface area contributed by atoms with Gasteiger partial charge in [-0.05, 0) is 16.7 Å². The summed E-state index contributed by atoms with van der Waals surface area (Å²) in [6, 6.07) is 17.6. The van der Waals surface area contributed by atoms with Gasteiger partial charge in [0.15, 0.2) is 5.78 Å². The lowest BCUT2D eigenvalue weighted by Gasteiger charge is -2.07. The Balaban J connectivity index is 2.35. The summed E-state index contributed by atoms with van der Waals surface area (Å²) >= 11 is 0. The van der Waals surface area contributed by atoms with Crippen LogP contribution in [-0.4, -0.2) is 17.2 Å². The Morgan fingerprint density at radius 2 is 1.72 bits per heavy atom. The van der Waals surface area contributed by atoms with Crippen LogP contribution in [-0.2, 0) is 11.2 Å². The van der Waals surface area contributed by atoms with E-state index in [1.807, 2.05) is 54.6 Å². The Kier molecular flexibility index (Phi) is 3.86. The second-order valence-corrected chi connectivity index (χ2v) is 3.91. The van der Waals surface area contributed by atoms with Gasteiger partial charge < -0.3 is 5.21 Å². The molecular formula is C15H13NO2. The molecule has 18 heavy (non-hydrogen) atoms. The van der Waals surface area contributed by atoms with Crippen molar-refractivity contribution in [3.8, 4) is 11.1 Å². The second kappa shape index (κ2) is 5.77. The number of ketones is 1. The summed E-state index contributed by atoms with van der Waals surface area (Å²) in [4.78, 5) is 11.5. The number of benzene rings is 2. The number of rotatable bonds is 4. The van der Waals surface area contributed by atoms with E-state index in [1.54, 1.807) is 0 Å². The van der Waals surface area contributed by atoms with Gasteiger partial charge in [0.2, 0.25) is 0 Å². The number of nitrogens with zero attached hydrogens (tertiary/aromatic N) is 1. The maximum absolute atomic E-state index is 11.5. The molecular weight excluding hydrogens is 226 g/mol. The first kappa shape index (κ1) is 12.0. The molecule has 0 saturated carbocycles. The van der Waals surface area contributed by atoms with Crippen LogP contribution in [0.2, 0.25) is 0 Å². The van der Waals surface area contributed by atoms with Crippen LogP contribution < -0.4 is 0 Å². The fraction of sp³-hybridized carbons (Fsp3) is 0.0667. The third-order valence-electron chi connectivity index (χ3n) is 2.67. The minimum absolute atomic E-state index is 0.221. The lowest BCUT2D eigenvalue weighted by atomic mass is 9.97. The number of hydrogen-bond acceptors (Lipinski definition) is 3. The van der Waals surface area contributed by atoms with Gasteiger partial charge in [-0.1, -0.05) is 59.8 Å². The Bertz CT molecular complexity index is 562. The second-order valence-electron chi connectivity index (χ2n) is 3.91. The van der Waals surface area contributed by atoms with Crippen LogP contribution in [0, 0.1) is 0 Å². The molecule has 0 spiro atoms. The topological polar surface area (TPSA) is 49.7 Å². The van der Waals surface area contributed by atoms with Gasteiger partial charge in [0.1, 0.15) is 6.21 Å². The lowest BCUT2D eigenvalue weighted by Crippen LogP contribution is -2.05. The average Bonchev–Trinajstić information content (AvgIpc) is 2.40. The monoisotopic (exact) mass is 239 g/mol. The van der Waals surface area contributed by atoms with Gasteiger partial charge >= 0.3 is 0 Å². The third kappa shape index (κ3) is 2.83. The molecule has 0 saturated heterocycles. The molecule has 0 unspecified atom stereocenters. The van der Waals surface area contributed by atoms with Crippen molar-refractivity contribution in [3.05, 3.63) is 60.2 Å². The van der Waals surface area contributed by atoms with Crippen LogP contribution in [0.25, 0.3) is 11.1 Å². The zero-order chi connectivity index (χ0) is 12.8. The molecule has 90 valence electrons. The Morgan fingerprint density at radius 1 is 1.06 bits per heavy atom. The first-order valence-electron chi connectivity index (χ1n) is 5.65. The standard InChI is InChI=1S/C15H13NO2/c17-14(11-16-18)10-13-8-4-5-9-15(13)12-6-2-1-3-7-12/h1-9,11,18H,10H2/b16-11-. The van der Waals surface area contributed by atoms with Crippen molar-refractivity contribution in [3.63, 3.8) is 0 Å². The van der Waals surface area contributed by atoms with E-state index in [2.05, 4.69) is 5.16 Å². The Labute approximate surface area is 105 Å². The molecule has 0 aliphatic rings. The highest BCUT2D eigenvalue weighted by Crippen LogP contribution is 2.23. The Morgan fingerprint density at radius 3 is 2.44 bits per heavy atom. The number of carbonyl (C=O) groups excluding carboxylic acids is 1. The summed E-state index contributed by atoms with van der Waals surface area (Å²) in [5.41, 5.74) is 3.02. The van der Waals surface area contributed by atoms with Crippen molar-refractivity contribution < 1.29 is 10.0 Å². The highest BCUT2D eigenvalue weighted by Gasteiger charge is 2.07. The summed E-state index contributed by atoms with van der Waals surface area (Å²) in [5, 5.41) is 11.1. The molecule has 0 atom stereocenters. The van der Waals surface area contributed by atoms with Gasteiger partial charge in [0.05, 0.1) is 0 Å². The largest absolute Gasteiger partial charge is 0.411 e. The van der Waals surface area contributed by atoms with Crippen molar-refractivity contribution in [2.75, 3.05) is 0 Å². The van der Waals surface area contributed by atoms with E-state index in [0.717, 1.165) is 22.9 Å². The third-order valence-corrected chi connectivity index (χ3v) is 2.67.